The van der Waals surface area contributed by atoms with E-state index < -0.39 is 5.63 Å². The summed E-state index contributed by atoms with van der Waals surface area (Å²) in [7, 11) is 3.39. The number of carbonyl (C=O) groups excluding carboxylic acids is 1. The number of anilines is 1. The Bertz CT molecular complexity index is 1090. The van der Waals surface area contributed by atoms with Crippen LogP contribution in [0.5, 0.6) is 5.75 Å². The van der Waals surface area contributed by atoms with Crippen LogP contribution in [0.25, 0.3) is 11.0 Å². The number of likely N-dealkylation sites (N-methyl/N-ethyl adjacent to an activating group) is 1. The molecule has 0 aliphatic heterocycles. The molecule has 2 aromatic carbocycles. The number of benzene rings is 2. The predicted molar refractivity (Wildman–Crippen MR) is 115 cm³/mol. The molecule has 0 saturated heterocycles. The van der Waals surface area contributed by atoms with Crippen LogP contribution in [0.15, 0.2) is 51.7 Å². The molecule has 7 heteroatoms. The molecular formula is C22H23ClN2O4. The number of fused-ring (bicyclic) bond motifs is 1. The van der Waals surface area contributed by atoms with Gasteiger partial charge in [0.15, 0.2) is 0 Å². The fourth-order valence-corrected chi connectivity index (χ4v) is 3.48. The second-order valence-electron chi connectivity index (χ2n) is 6.84. The lowest BCUT2D eigenvalue weighted by atomic mass is 10.1. The van der Waals surface area contributed by atoms with E-state index in [2.05, 4.69) is 5.32 Å². The van der Waals surface area contributed by atoms with Gasteiger partial charge in [0, 0.05) is 34.8 Å². The summed E-state index contributed by atoms with van der Waals surface area (Å²) in [6, 6.07) is 12.2. The third kappa shape index (κ3) is 5.16. The Kier molecular flexibility index (Phi) is 6.56. The number of methoxy groups -OCH3 is 1. The molecule has 29 heavy (non-hydrogen) atoms. The fraction of sp³-hybridized carbons (Fsp3) is 0.273. The van der Waals surface area contributed by atoms with E-state index in [1.807, 2.05) is 37.1 Å². The summed E-state index contributed by atoms with van der Waals surface area (Å²) in [5.41, 5.74) is 2.42. The molecule has 1 N–H and O–H groups in total. The molecule has 0 radical (unpaired) electrons. The van der Waals surface area contributed by atoms with Crippen LogP contribution in [-0.2, 0) is 17.8 Å². The highest BCUT2D eigenvalue weighted by Crippen LogP contribution is 2.26. The molecule has 3 rings (SSSR count). The summed E-state index contributed by atoms with van der Waals surface area (Å²) in [4.78, 5) is 26.2. The molecule has 0 bridgehead atoms. The first-order chi connectivity index (χ1) is 13.9. The number of aryl methyl sites for hydroxylation is 1. The van der Waals surface area contributed by atoms with Gasteiger partial charge in [-0.25, -0.2) is 4.79 Å². The van der Waals surface area contributed by atoms with Crippen LogP contribution >= 0.6 is 11.6 Å². The Labute approximate surface area is 174 Å². The number of hydrogen-bond acceptors (Lipinski definition) is 5. The van der Waals surface area contributed by atoms with Crippen molar-refractivity contribution in [1.82, 2.24) is 4.90 Å². The second-order valence-corrected chi connectivity index (χ2v) is 7.24. The topological polar surface area (TPSA) is 71.8 Å². The zero-order chi connectivity index (χ0) is 21.0. The van der Waals surface area contributed by atoms with E-state index in [9.17, 15) is 9.59 Å². The van der Waals surface area contributed by atoms with Gasteiger partial charge in [-0.3, -0.25) is 9.69 Å². The number of carbonyl (C=O) groups is 1. The number of hydrogen-bond donors (Lipinski definition) is 1. The average molecular weight is 415 g/mol. The minimum atomic E-state index is -0.425. The highest BCUT2D eigenvalue weighted by Gasteiger charge is 2.13. The van der Waals surface area contributed by atoms with Gasteiger partial charge in [-0.05, 0) is 48.9 Å². The van der Waals surface area contributed by atoms with Crippen LogP contribution in [0.2, 0.25) is 5.02 Å². The fourth-order valence-electron chi connectivity index (χ4n) is 3.18. The summed E-state index contributed by atoms with van der Waals surface area (Å²) < 4.78 is 10.5. The van der Waals surface area contributed by atoms with Crippen molar-refractivity contribution in [3.8, 4) is 5.75 Å². The van der Waals surface area contributed by atoms with E-state index >= 15 is 0 Å². The number of rotatable bonds is 7. The Hall–Kier alpha value is -2.83. The maximum atomic E-state index is 12.4. The number of ether oxygens (including phenoxy) is 1. The normalized spacial score (nSPS) is 11.1. The zero-order valence-corrected chi connectivity index (χ0v) is 17.4. The van der Waals surface area contributed by atoms with Gasteiger partial charge in [0.2, 0.25) is 5.91 Å². The summed E-state index contributed by atoms with van der Waals surface area (Å²) in [6.07, 6.45) is 0.743. The Morgan fingerprint density at radius 3 is 2.72 bits per heavy atom. The van der Waals surface area contributed by atoms with Crippen molar-refractivity contribution in [2.45, 2.75) is 19.9 Å². The summed E-state index contributed by atoms with van der Waals surface area (Å²) in [5, 5.41) is 4.25. The summed E-state index contributed by atoms with van der Waals surface area (Å²) in [6.45, 7) is 2.54. The van der Waals surface area contributed by atoms with Gasteiger partial charge in [0.1, 0.15) is 11.3 Å². The SMILES string of the molecule is CCc1cc2oc(=O)cc(CN(C)CC(=O)Nc3cccc(OC)c3)c2cc1Cl. The third-order valence-electron chi connectivity index (χ3n) is 4.59. The first kappa shape index (κ1) is 20.9. The van der Waals surface area contributed by atoms with Gasteiger partial charge in [-0.1, -0.05) is 24.6 Å². The maximum Gasteiger partial charge on any atom is 0.336 e. The molecule has 0 spiro atoms. The minimum absolute atomic E-state index is 0.152. The van der Waals surface area contributed by atoms with E-state index in [0.717, 1.165) is 22.9 Å². The van der Waals surface area contributed by atoms with Crippen molar-refractivity contribution in [2.24, 2.45) is 0 Å². The van der Waals surface area contributed by atoms with Gasteiger partial charge in [-0.2, -0.15) is 0 Å². The molecule has 0 aliphatic carbocycles. The molecule has 0 fully saturated rings. The molecule has 0 saturated carbocycles. The lowest BCUT2D eigenvalue weighted by molar-refractivity contribution is -0.117. The van der Waals surface area contributed by atoms with Crippen LogP contribution in [0, 0.1) is 0 Å². The molecular weight excluding hydrogens is 392 g/mol. The van der Waals surface area contributed by atoms with Crippen LogP contribution < -0.4 is 15.7 Å². The van der Waals surface area contributed by atoms with Crippen molar-refractivity contribution in [2.75, 3.05) is 26.0 Å². The molecule has 1 amide bonds. The summed E-state index contributed by atoms with van der Waals surface area (Å²) in [5.74, 6) is 0.501. The van der Waals surface area contributed by atoms with Crippen molar-refractivity contribution in [3.63, 3.8) is 0 Å². The van der Waals surface area contributed by atoms with Gasteiger partial charge >= 0.3 is 5.63 Å². The van der Waals surface area contributed by atoms with Crippen molar-refractivity contribution in [3.05, 3.63) is 69.0 Å². The minimum Gasteiger partial charge on any atom is -0.497 e. The Morgan fingerprint density at radius 2 is 2.00 bits per heavy atom. The molecule has 6 nitrogen and oxygen atoms in total. The molecule has 3 aromatic rings. The van der Waals surface area contributed by atoms with E-state index in [-0.39, 0.29) is 12.5 Å². The summed E-state index contributed by atoms with van der Waals surface area (Å²) >= 11 is 6.34. The highest BCUT2D eigenvalue weighted by atomic mass is 35.5. The Morgan fingerprint density at radius 1 is 1.21 bits per heavy atom. The lowest BCUT2D eigenvalue weighted by Crippen LogP contribution is -2.30. The largest absolute Gasteiger partial charge is 0.497 e. The van der Waals surface area contributed by atoms with Crippen molar-refractivity contribution < 1.29 is 13.9 Å². The second kappa shape index (κ2) is 9.11. The van der Waals surface area contributed by atoms with E-state index in [4.69, 9.17) is 20.8 Å². The van der Waals surface area contributed by atoms with Crippen molar-refractivity contribution >= 4 is 34.2 Å². The average Bonchev–Trinajstić information content (AvgIpc) is 2.67. The number of amides is 1. The molecule has 1 aromatic heterocycles. The standard InChI is InChI=1S/C22H23ClN2O4/c1-4-14-8-20-18(11-19(14)23)15(9-22(27)29-20)12-25(2)13-21(26)24-16-6-5-7-17(10-16)28-3/h5-11H,4,12-13H2,1-3H3,(H,24,26). The number of nitrogens with one attached hydrogen (secondary N) is 1. The first-order valence-electron chi connectivity index (χ1n) is 9.27. The van der Waals surface area contributed by atoms with E-state index in [1.54, 1.807) is 25.3 Å². The zero-order valence-electron chi connectivity index (χ0n) is 16.6. The van der Waals surface area contributed by atoms with Crippen molar-refractivity contribution in [1.29, 1.82) is 0 Å². The van der Waals surface area contributed by atoms with Gasteiger partial charge in [0.25, 0.3) is 0 Å². The molecule has 0 aliphatic rings. The van der Waals surface area contributed by atoms with Crippen LogP contribution in [0.1, 0.15) is 18.1 Å². The molecule has 0 atom stereocenters. The lowest BCUT2D eigenvalue weighted by Gasteiger charge is -2.17. The van der Waals surface area contributed by atoms with E-state index in [0.29, 0.717) is 28.6 Å². The van der Waals surface area contributed by atoms with E-state index in [1.165, 1.54) is 6.07 Å². The number of nitrogens with zero attached hydrogens (tertiary/aromatic N) is 1. The molecule has 152 valence electrons. The first-order valence-corrected chi connectivity index (χ1v) is 9.65. The number of halogens is 1. The van der Waals surface area contributed by atoms with Gasteiger partial charge < -0.3 is 14.5 Å². The smallest absolute Gasteiger partial charge is 0.336 e. The quantitative estimate of drug-likeness (QED) is 0.589. The monoisotopic (exact) mass is 414 g/mol. The highest BCUT2D eigenvalue weighted by molar-refractivity contribution is 6.32. The third-order valence-corrected chi connectivity index (χ3v) is 4.94. The maximum absolute atomic E-state index is 12.4. The van der Waals surface area contributed by atoms with Crippen LogP contribution in [-0.4, -0.2) is 31.5 Å². The van der Waals surface area contributed by atoms with Crippen LogP contribution in [0.3, 0.4) is 0 Å². The van der Waals surface area contributed by atoms with Crippen LogP contribution in [0.4, 0.5) is 5.69 Å². The molecule has 1 heterocycles. The van der Waals surface area contributed by atoms with Gasteiger partial charge in [-0.15, -0.1) is 0 Å². The Balaban J connectivity index is 1.75. The van der Waals surface area contributed by atoms with Gasteiger partial charge in [0.05, 0.1) is 13.7 Å². The predicted octanol–water partition coefficient (Wildman–Crippen LogP) is 4.09. The molecule has 0 unspecified atom stereocenters.